The Hall–Kier alpha value is -2.18. The highest BCUT2D eigenvalue weighted by atomic mass is 16.6. The topological polar surface area (TPSA) is 97.2 Å². The predicted octanol–water partition coefficient (Wildman–Crippen LogP) is 0.989. The lowest BCUT2D eigenvalue weighted by molar-refractivity contribution is -0.385. The molecule has 7 nitrogen and oxygen atoms in total. The highest BCUT2D eigenvalue weighted by Crippen LogP contribution is 2.19. The molecule has 1 aromatic rings. The third-order valence-corrected chi connectivity index (χ3v) is 2.87. The van der Waals surface area contributed by atoms with Crippen molar-refractivity contribution in [1.29, 1.82) is 0 Å². The molecule has 1 aromatic heterocycles. The van der Waals surface area contributed by atoms with Crippen molar-refractivity contribution in [2.75, 3.05) is 11.9 Å². The second kappa shape index (κ2) is 4.99. The van der Waals surface area contributed by atoms with Gasteiger partial charge in [-0.1, -0.05) is 0 Å². The van der Waals surface area contributed by atoms with Crippen LogP contribution < -0.4 is 10.6 Å². The predicted molar refractivity (Wildman–Crippen MR) is 65.3 cm³/mol. The molecule has 2 N–H and O–H groups in total. The van der Waals surface area contributed by atoms with Crippen LogP contribution in [0.2, 0.25) is 0 Å². The molecule has 0 aromatic carbocycles. The summed E-state index contributed by atoms with van der Waals surface area (Å²) in [6.07, 6.45) is 1.23. The number of nitrogens with zero attached hydrogens (tertiary/aromatic N) is 2. The minimum atomic E-state index is -0.451. The van der Waals surface area contributed by atoms with Gasteiger partial charge >= 0.3 is 0 Å². The summed E-state index contributed by atoms with van der Waals surface area (Å²) in [5.74, 6) is 0.653. The van der Waals surface area contributed by atoms with Gasteiger partial charge < -0.3 is 10.6 Å². The van der Waals surface area contributed by atoms with E-state index in [0.29, 0.717) is 24.5 Å². The second-order valence-electron chi connectivity index (χ2n) is 4.24. The van der Waals surface area contributed by atoms with Crippen LogP contribution in [0.4, 0.5) is 11.5 Å². The van der Waals surface area contributed by atoms with Gasteiger partial charge in [-0.05, 0) is 19.4 Å². The summed E-state index contributed by atoms with van der Waals surface area (Å²) in [7, 11) is 0. The fourth-order valence-corrected chi connectivity index (χ4v) is 1.89. The SMILES string of the molecule is Cc1nc(NC2CCC(=O)NC2)ccc1[N+](=O)[O-]. The maximum Gasteiger partial charge on any atom is 0.290 e. The van der Waals surface area contributed by atoms with Gasteiger partial charge in [-0.3, -0.25) is 14.9 Å². The largest absolute Gasteiger partial charge is 0.366 e. The number of pyridine rings is 1. The van der Waals surface area contributed by atoms with Gasteiger partial charge in [0.05, 0.1) is 4.92 Å². The van der Waals surface area contributed by atoms with E-state index in [1.54, 1.807) is 13.0 Å². The lowest BCUT2D eigenvalue weighted by atomic mass is 10.1. The molecule has 96 valence electrons. The number of hydrogen-bond acceptors (Lipinski definition) is 5. The zero-order chi connectivity index (χ0) is 13.1. The molecule has 7 heteroatoms. The molecule has 1 amide bonds. The Morgan fingerprint density at radius 2 is 2.33 bits per heavy atom. The van der Waals surface area contributed by atoms with E-state index in [9.17, 15) is 14.9 Å². The zero-order valence-corrected chi connectivity index (χ0v) is 9.97. The summed E-state index contributed by atoms with van der Waals surface area (Å²) in [5.41, 5.74) is 0.391. The standard InChI is InChI=1S/C11H14N4O3/c1-7-9(15(17)18)3-4-10(13-7)14-8-2-5-11(16)12-6-8/h3-4,8H,2,5-6H2,1H3,(H,12,16)(H,13,14). The number of piperidine rings is 1. The van der Waals surface area contributed by atoms with E-state index < -0.39 is 4.92 Å². The number of hydrogen-bond donors (Lipinski definition) is 2. The van der Waals surface area contributed by atoms with Gasteiger partial charge in [0.2, 0.25) is 5.91 Å². The van der Waals surface area contributed by atoms with Crippen LogP contribution in [0.3, 0.4) is 0 Å². The molecular weight excluding hydrogens is 236 g/mol. The molecule has 1 saturated heterocycles. The van der Waals surface area contributed by atoms with E-state index in [0.717, 1.165) is 6.42 Å². The Bertz CT molecular complexity index is 479. The van der Waals surface area contributed by atoms with Crippen LogP contribution >= 0.6 is 0 Å². The molecule has 0 spiro atoms. The highest BCUT2D eigenvalue weighted by molar-refractivity contribution is 5.77. The summed E-state index contributed by atoms with van der Waals surface area (Å²) in [6.45, 7) is 2.16. The Morgan fingerprint density at radius 3 is 2.89 bits per heavy atom. The Balaban J connectivity index is 2.04. The van der Waals surface area contributed by atoms with Gasteiger partial charge in [-0.25, -0.2) is 4.98 Å². The lowest BCUT2D eigenvalue weighted by Gasteiger charge is -2.23. The van der Waals surface area contributed by atoms with Crippen molar-refractivity contribution < 1.29 is 9.72 Å². The smallest absolute Gasteiger partial charge is 0.290 e. The fraction of sp³-hybridized carbons (Fsp3) is 0.455. The van der Waals surface area contributed by atoms with E-state index in [-0.39, 0.29) is 17.6 Å². The van der Waals surface area contributed by atoms with Crippen molar-refractivity contribution in [3.63, 3.8) is 0 Å². The van der Waals surface area contributed by atoms with Crippen molar-refractivity contribution in [1.82, 2.24) is 10.3 Å². The van der Waals surface area contributed by atoms with Crippen LogP contribution in [-0.2, 0) is 4.79 Å². The number of carbonyl (C=O) groups excluding carboxylic acids is 1. The summed E-state index contributed by atoms with van der Waals surface area (Å²) >= 11 is 0. The maximum absolute atomic E-state index is 11.0. The van der Waals surface area contributed by atoms with Gasteiger partial charge in [-0.15, -0.1) is 0 Å². The highest BCUT2D eigenvalue weighted by Gasteiger charge is 2.19. The first kappa shape index (κ1) is 12.3. The minimum Gasteiger partial charge on any atom is -0.366 e. The Kier molecular flexibility index (Phi) is 3.40. The molecule has 0 radical (unpaired) electrons. The van der Waals surface area contributed by atoms with Crippen molar-refractivity contribution in [2.24, 2.45) is 0 Å². The lowest BCUT2D eigenvalue weighted by Crippen LogP contribution is -2.42. The quantitative estimate of drug-likeness (QED) is 0.615. The third kappa shape index (κ3) is 2.73. The molecule has 0 aliphatic carbocycles. The first-order chi connectivity index (χ1) is 8.56. The van der Waals surface area contributed by atoms with Crippen molar-refractivity contribution >= 4 is 17.4 Å². The number of nitrogens with one attached hydrogen (secondary N) is 2. The normalized spacial score (nSPS) is 19.2. The number of aryl methyl sites for hydroxylation is 1. The van der Waals surface area contributed by atoms with Crippen LogP contribution in [0.25, 0.3) is 0 Å². The summed E-state index contributed by atoms with van der Waals surface area (Å²) in [4.78, 5) is 25.4. The van der Waals surface area contributed by atoms with Crippen molar-refractivity contribution in [3.05, 3.63) is 27.9 Å². The van der Waals surface area contributed by atoms with Gasteiger partial charge in [0.25, 0.3) is 5.69 Å². The average Bonchev–Trinajstić information content (AvgIpc) is 2.32. The minimum absolute atomic E-state index is 0.0116. The van der Waals surface area contributed by atoms with Gasteiger partial charge in [0.1, 0.15) is 11.5 Å². The van der Waals surface area contributed by atoms with Gasteiger partial charge in [0, 0.05) is 25.1 Å². The van der Waals surface area contributed by atoms with Gasteiger partial charge in [-0.2, -0.15) is 0 Å². The van der Waals surface area contributed by atoms with E-state index in [2.05, 4.69) is 15.6 Å². The molecule has 0 bridgehead atoms. The second-order valence-corrected chi connectivity index (χ2v) is 4.24. The number of rotatable bonds is 3. The van der Waals surface area contributed by atoms with Gasteiger partial charge in [0.15, 0.2) is 0 Å². The van der Waals surface area contributed by atoms with Crippen LogP contribution in [0.15, 0.2) is 12.1 Å². The molecule has 1 fully saturated rings. The Morgan fingerprint density at radius 1 is 1.56 bits per heavy atom. The van der Waals surface area contributed by atoms with E-state index in [1.807, 2.05) is 0 Å². The molecule has 18 heavy (non-hydrogen) atoms. The summed E-state index contributed by atoms with van der Waals surface area (Å²) in [5, 5.41) is 16.6. The zero-order valence-electron chi connectivity index (χ0n) is 9.97. The molecule has 1 aliphatic heterocycles. The van der Waals surface area contributed by atoms with Crippen LogP contribution in [0.1, 0.15) is 18.5 Å². The van der Waals surface area contributed by atoms with Crippen LogP contribution in [-0.4, -0.2) is 28.4 Å². The van der Waals surface area contributed by atoms with E-state index in [1.165, 1.54) is 6.07 Å². The number of anilines is 1. The molecule has 2 heterocycles. The molecule has 1 atom stereocenters. The monoisotopic (exact) mass is 250 g/mol. The van der Waals surface area contributed by atoms with E-state index >= 15 is 0 Å². The Labute approximate surface area is 104 Å². The van der Waals surface area contributed by atoms with Crippen molar-refractivity contribution in [3.8, 4) is 0 Å². The number of nitro groups is 1. The first-order valence-electron chi connectivity index (χ1n) is 5.71. The number of carbonyl (C=O) groups is 1. The summed E-state index contributed by atoms with van der Waals surface area (Å²) < 4.78 is 0. The molecule has 1 aliphatic rings. The number of amides is 1. The summed E-state index contributed by atoms with van der Waals surface area (Å²) in [6, 6.07) is 3.14. The molecule has 2 rings (SSSR count). The molecule has 1 unspecified atom stereocenters. The van der Waals surface area contributed by atoms with Crippen molar-refractivity contribution in [2.45, 2.75) is 25.8 Å². The maximum atomic E-state index is 11.0. The first-order valence-corrected chi connectivity index (χ1v) is 5.71. The molecule has 0 saturated carbocycles. The van der Waals surface area contributed by atoms with Crippen LogP contribution in [0.5, 0.6) is 0 Å². The fourth-order valence-electron chi connectivity index (χ4n) is 1.89. The number of aromatic nitrogens is 1. The third-order valence-electron chi connectivity index (χ3n) is 2.87. The average molecular weight is 250 g/mol. The van der Waals surface area contributed by atoms with Crippen LogP contribution in [0, 0.1) is 17.0 Å². The molecular formula is C11H14N4O3. The van der Waals surface area contributed by atoms with E-state index in [4.69, 9.17) is 0 Å².